The molecule has 5 rings (SSSR count). The van der Waals surface area contributed by atoms with Crippen LogP contribution < -0.4 is 0 Å². The third-order valence-electron chi connectivity index (χ3n) is 6.41. The molecular weight excluding hydrogens is 342 g/mol. The first-order valence-electron chi connectivity index (χ1n) is 9.68. The van der Waals surface area contributed by atoms with Gasteiger partial charge in [0.25, 0.3) is 0 Å². The lowest BCUT2D eigenvalue weighted by Crippen LogP contribution is -2.62. The second kappa shape index (κ2) is 6.38. The second-order valence-electron chi connectivity index (χ2n) is 7.82. The number of aromatic amines is 1. The van der Waals surface area contributed by atoms with Gasteiger partial charge in [0.15, 0.2) is 11.3 Å². The number of ether oxygens (including phenoxy) is 1. The molecule has 0 aliphatic carbocycles. The molecule has 142 valence electrons. The number of aromatic nitrogens is 5. The van der Waals surface area contributed by atoms with Crippen LogP contribution in [0.15, 0.2) is 23.5 Å². The highest BCUT2D eigenvalue weighted by molar-refractivity contribution is 5.74. The van der Waals surface area contributed by atoms with Crippen LogP contribution in [-0.2, 0) is 4.74 Å². The Hall–Kier alpha value is -2.32. The van der Waals surface area contributed by atoms with E-state index in [1.165, 1.54) is 0 Å². The van der Waals surface area contributed by atoms with Crippen LogP contribution in [0.5, 0.6) is 0 Å². The monoisotopic (exact) mass is 367 g/mol. The van der Waals surface area contributed by atoms with Crippen molar-refractivity contribution in [3.63, 3.8) is 0 Å². The van der Waals surface area contributed by atoms with Crippen LogP contribution in [0.3, 0.4) is 0 Å². The van der Waals surface area contributed by atoms with E-state index >= 15 is 0 Å². The molecule has 5 heterocycles. The summed E-state index contributed by atoms with van der Waals surface area (Å²) in [5.74, 6) is 1.94. The van der Waals surface area contributed by atoms with Crippen molar-refractivity contribution in [1.29, 1.82) is 0 Å². The van der Waals surface area contributed by atoms with E-state index in [0.29, 0.717) is 11.8 Å². The minimum atomic E-state index is 0.106. The van der Waals surface area contributed by atoms with Crippen LogP contribution in [0.1, 0.15) is 31.5 Å². The number of hydrogen-bond acceptors (Lipinski definition) is 6. The van der Waals surface area contributed by atoms with Gasteiger partial charge in [-0.05, 0) is 25.1 Å². The normalized spacial score (nSPS) is 25.2. The van der Waals surface area contributed by atoms with Gasteiger partial charge in [-0.3, -0.25) is 9.30 Å². The summed E-state index contributed by atoms with van der Waals surface area (Å²) in [7, 11) is 0. The minimum Gasteiger partial charge on any atom is -0.377 e. The molecule has 3 aromatic rings. The Morgan fingerprint density at radius 2 is 2.26 bits per heavy atom. The van der Waals surface area contributed by atoms with Crippen molar-refractivity contribution in [3.05, 3.63) is 24.3 Å². The number of hydrogen-bond donors (Lipinski definition) is 1. The van der Waals surface area contributed by atoms with Crippen molar-refractivity contribution >= 4 is 23.5 Å². The van der Waals surface area contributed by atoms with Crippen molar-refractivity contribution in [2.75, 3.05) is 32.8 Å². The van der Waals surface area contributed by atoms with E-state index < -0.39 is 0 Å². The number of likely N-dealkylation sites (tertiary alicyclic amines) is 1. The highest BCUT2D eigenvalue weighted by Gasteiger charge is 2.49. The molecule has 2 saturated heterocycles. The summed E-state index contributed by atoms with van der Waals surface area (Å²) in [6.45, 7) is 10.3. The fraction of sp³-hybridized carbons (Fsp3) is 0.579. The lowest BCUT2D eigenvalue weighted by molar-refractivity contribution is -0.137. The van der Waals surface area contributed by atoms with Crippen LogP contribution in [0, 0.1) is 5.92 Å². The predicted octanol–water partition coefficient (Wildman–Crippen LogP) is 1.89. The van der Waals surface area contributed by atoms with E-state index in [9.17, 15) is 0 Å². The summed E-state index contributed by atoms with van der Waals surface area (Å²) in [4.78, 5) is 14.3. The molecule has 3 aromatic heterocycles. The summed E-state index contributed by atoms with van der Waals surface area (Å²) >= 11 is 0. The lowest BCUT2D eigenvalue weighted by atomic mass is 9.91. The molecule has 1 N–H and O–H groups in total. The third kappa shape index (κ3) is 2.50. The van der Waals surface area contributed by atoms with Crippen LogP contribution in [0.25, 0.3) is 16.8 Å². The SMILES string of the molecule is C=NCCC1(N2CC(CC)C(c3nnc4cnc5[nH]ccc5n34)C2)COC1. The van der Waals surface area contributed by atoms with Crippen LogP contribution in [-0.4, -0.2) is 74.6 Å². The Balaban J connectivity index is 1.52. The molecule has 2 aliphatic heterocycles. The zero-order valence-electron chi connectivity index (χ0n) is 15.6. The summed E-state index contributed by atoms with van der Waals surface area (Å²) < 4.78 is 7.78. The number of rotatable bonds is 6. The Morgan fingerprint density at radius 3 is 3.00 bits per heavy atom. The lowest BCUT2D eigenvalue weighted by Gasteiger charge is -2.48. The maximum absolute atomic E-state index is 5.61. The summed E-state index contributed by atoms with van der Waals surface area (Å²) in [5.41, 5.74) is 2.82. The van der Waals surface area contributed by atoms with Gasteiger partial charge in [0.2, 0.25) is 0 Å². The molecule has 0 saturated carbocycles. The Kier molecular flexibility index (Phi) is 3.98. The topological polar surface area (TPSA) is 83.7 Å². The number of nitrogens with zero attached hydrogens (tertiary/aromatic N) is 6. The van der Waals surface area contributed by atoms with E-state index in [0.717, 1.165) is 68.3 Å². The fourth-order valence-corrected chi connectivity index (χ4v) is 4.71. The molecule has 2 fully saturated rings. The van der Waals surface area contributed by atoms with Gasteiger partial charge in [0.1, 0.15) is 5.82 Å². The van der Waals surface area contributed by atoms with Crippen molar-refractivity contribution in [2.45, 2.75) is 31.2 Å². The number of fused-ring (bicyclic) bond motifs is 3. The summed E-state index contributed by atoms with van der Waals surface area (Å²) in [6.07, 6.45) is 5.84. The molecule has 2 atom stereocenters. The molecule has 0 amide bonds. The second-order valence-corrected chi connectivity index (χ2v) is 7.82. The molecule has 0 aromatic carbocycles. The van der Waals surface area contributed by atoms with E-state index in [1.807, 2.05) is 12.3 Å². The minimum absolute atomic E-state index is 0.106. The molecule has 8 heteroatoms. The first-order chi connectivity index (χ1) is 13.3. The molecule has 2 unspecified atom stereocenters. The molecule has 0 radical (unpaired) electrons. The Morgan fingerprint density at radius 1 is 1.37 bits per heavy atom. The highest BCUT2D eigenvalue weighted by atomic mass is 16.5. The zero-order valence-corrected chi connectivity index (χ0v) is 15.6. The van der Waals surface area contributed by atoms with Gasteiger partial charge in [0.05, 0.1) is 30.5 Å². The Bertz CT molecular complexity index is 973. The van der Waals surface area contributed by atoms with E-state index in [4.69, 9.17) is 4.74 Å². The van der Waals surface area contributed by atoms with Crippen molar-refractivity contribution in [1.82, 2.24) is 29.5 Å². The molecule has 27 heavy (non-hydrogen) atoms. The first kappa shape index (κ1) is 16.8. The van der Waals surface area contributed by atoms with E-state index in [2.05, 4.69) is 48.1 Å². The van der Waals surface area contributed by atoms with E-state index in [1.54, 1.807) is 6.20 Å². The van der Waals surface area contributed by atoms with Gasteiger partial charge in [-0.1, -0.05) is 13.3 Å². The first-order valence-corrected chi connectivity index (χ1v) is 9.68. The number of H-pyrrole nitrogens is 1. The summed E-state index contributed by atoms with van der Waals surface area (Å²) in [6, 6.07) is 2.05. The van der Waals surface area contributed by atoms with Gasteiger partial charge >= 0.3 is 0 Å². The molecular formula is C19H25N7O. The average Bonchev–Trinajstić information content (AvgIpc) is 3.37. The van der Waals surface area contributed by atoms with Gasteiger partial charge in [-0.25, -0.2) is 4.98 Å². The fourth-order valence-electron chi connectivity index (χ4n) is 4.71. The van der Waals surface area contributed by atoms with Crippen molar-refractivity contribution in [3.8, 4) is 0 Å². The number of aliphatic imine (C=N–C) groups is 1. The molecule has 8 nitrogen and oxygen atoms in total. The Labute approximate surface area is 157 Å². The van der Waals surface area contributed by atoms with Gasteiger partial charge in [0, 0.05) is 31.7 Å². The maximum Gasteiger partial charge on any atom is 0.179 e. The van der Waals surface area contributed by atoms with Crippen molar-refractivity contribution in [2.24, 2.45) is 10.9 Å². The smallest absolute Gasteiger partial charge is 0.179 e. The number of nitrogens with one attached hydrogen (secondary N) is 1. The largest absolute Gasteiger partial charge is 0.377 e. The highest BCUT2D eigenvalue weighted by Crippen LogP contribution is 2.41. The van der Waals surface area contributed by atoms with Crippen molar-refractivity contribution < 1.29 is 4.74 Å². The molecule has 0 bridgehead atoms. The molecule has 0 spiro atoms. The third-order valence-corrected chi connectivity index (χ3v) is 6.41. The average molecular weight is 367 g/mol. The quantitative estimate of drug-likeness (QED) is 0.673. The summed E-state index contributed by atoms with van der Waals surface area (Å²) in [5, 5.41) is 9.00. The van der Waals surface area contributed by atoms with Gasteiger partial charge < -0.3 is 14.7 Å². The van der Waals surface area contributed by atoms with Crippen LogP contribution in [0.2, 0.25) is 0 Å². The van der Waals surface area contributed by atoms with Crippen LogP contribution >= 0.6 is 0 Å². The van der Waals surface area contributed by atoms with Gasteiger partial charge in [-0.15, -0.1) is 10.2 Å². The van der Waals surface area contributed by atoms with Crippen LogP contribution in [0.4, 0.5) is 0 Å². The zero-order chi connectivity index (χ0) is 18.4. The predicted molar refractivity (Wildman–Crippen MR) is 103 cm³/mol. The van der Waals surface area contributed by atoms with Gasteiger partial charge in [-0.2, -0.15) is 0 Å². The maximum atomic E-state index is 5.61. The standard InChI is InChI=1S/C19H25N7O/c1-3-13-9-25(19(5-7-20-2)11-27-12-19)10-14(13)18-24-23-16-8-22-17-15(26(16)18)4-6-21-17/h4,6,8,13-14,21H,2-3,5,7,9-12H2,1H3. The molecule has 2 aliphatic rings. The van der Waals surface area contributed by atoms with E-state index in [-0.39, 0.29) is 5.54 Å².